The molecule has 27 heavy (non-hydrogen) atoms. The van der Waals surface area contributed by atoms with E-state index in [0.717, 1.165) is 43.0 Å². The molecule has 2 nitrogen and oxygen atoms in total. The van der Waals surface area contributed by atoms with Gasteiger partial charge in [-0.3, -0.25) is 4.90 Å². The average molecular weight is 381 g/mol. The van der Waals surface area contributed by atoms with E-state index in [2.05, 4.69) is 46.7 Å². The Morgan fingerprint density at radius 1 is 0.963 bits per heavy atom. The second kappa shape index (κ2) is 8.32. The SMILES string of the molecule is CCc1c(CN2CCSCC2)cc(-c2ccc(F)cc2)n1-c1ccccc1. The Morgan fingerprint density at radius 3 is 2.33 bits per heavy atom. The first-order valence-corrected chi connectivity index (χ1v) is 10.8. The van der Waals surface area contributed by atoms with Gasteiger partial charge in [0.05, 0.1) is 5.69 Å². The van der Waals surface area contributed by atoms with Crippen LogP contribution in [0.5, 0.6) is 0 Å². The van der Waals surface area contributed by atoms with Crippen molar-refractivity contribution in [3.63, 3.8) is 0 Å². The van der Waals surface area contributed by atoms with Crippen molar-refractivity contribution < 1.29 is 4.39 Å². The monoisotopic (exact) mass is 380 g/mol. The summed E-state index contributed by atoms with van der Waals surface area (Å²) in [6, 6.07) is 19.6. The summed E-state index contributed by atoms with van der Waals surface area (Å²) in [4.78, 5) is 2.55. The Hall–Kier alpha value is -2.04. The fraction of sp³-hybridized carbons (Fsp3) is 0.304. The van der Waals surface area contributed by atoms with Crippen LogP contribution in [0, 0.1) is 5.82 Å². The topological polar surface area (TPSA) is 8.17 Å². The number of benzene rings is 2. The molecule has 0 amide bonds. The molecule has 1 aliphatic heterocycles. The molecule has 0 bridgehead atoms. The minimum absolute atomic E-state index is 0.196. The lowest BCUT2D eigenvalue weighted by Crippen LogP contribution is -2.32. The number of hydrogen-bond donors (Lipinski definition) is 0. The van der Waals surface area contributed by atoms with Crippen LogP contribution in [0.3, 0.4) is 0 Å². The molecule has 1 aliphatic rings. The average Bonchev–Trinajstić information content (AvgIpc) is 3.08. The fourth-order valence-corrected chi connectivity index (χ4v) is 4.81. The molecule has 0 unspecified atom stereocenters. The highest BCUT2D eigenvalue weighted by molar-refractivity contribution is 7.99. The lowest BCUT2D eigenvalue weighted by atomic mass is 10.1. The van der Waals surface area contributed by atoms with E-state index in [0.29, 0.717) is 0 Å². The summed E-state index contributed by atoms with van der Waals surface area (Å²) in [6.07, 6.45) is 0.966. The van der Waals surface area contributed by atoms with Gasteiger partial charge >= 0.3 is 0 Å². The van der Waals surface area contributed by atoms with Crippen LogP contribution in [0.15, 0.2) is 60.7 Å². The Balaban J connectivity index is 1.81. The molecule has 0 atom stereocenters. The van der Waals surface area contributed by atoms with Crippen LogP contribution in [0.2, 0.25) is 0 Å². The summed E-state index contributed by atoms with van der Waals surface area (Å²) >= 11 is 2.04. The quantitative estimate of drug-likeness (QED) is 0.586. The third kappa shape index (κ3) is 3.97. The normalized spacial score (nSPS) is 15.2. The van der Waals surface area contributed by atoms with Gasteiger partial charge < -0.3 is 4.57 Å². The Morgan fingerprint density at radius 2 is 1.67 bits per heavy atom. The van der Waals surface area contributed by atoms with Gasteiger partial charge in [0.1, 0.15) is 5.82 Å². The zero-order valence-corrected chi connectivity index (χ0v) is 16.5. The standard InChI is InChI=1S/C23H25FN2S/c1-2-22-19(17-25-12-14-27-15-13-25)16-23(18-8-10-20(24)11-9-18)26(22)21-6-4-3-5-7-21/h3-11,16H,2,12-15,17H2,1H3. The summed E-state index contributed by atoms with van der Waals surface area (Å²) in [6.45, 7) is 5.50. The second-order valence-corrected chi connectivity index (χ2v) is 8.15. The van der Waals surface area contributed by atoms with Gasteiger partial charge in [0.25, 0.3) is 0 Å². The van der Waals surface area contributed by atoms with E-state index >= 15 is 0 Å². The molecule has 2 aromatic carbocycles. The molecule has 3 aromatic rings. The van der Waals surface area contributed by atoms with Crippen molar-refractivity contribution in [3.8, 4) is 16.9 Å². The molecule has 1 saturated heterocycles. The first-order chi connectivity index (χ1) is 13.3. The minimum atomic E-state index is -0.196. The molecule has 0 radical (unpaired) electrons. The van der Waals surface area contributed by atoms with Gasteiger partial charge in [-0.25, -0.2) is 4.39 Å². The molecule has 140 valence electrons. The lowest BCUT2D eigenvalue weighted by molar-refractivity contribution is 0.294. The number of para-hydroxylation sites is 1. The van der Waals surface area contributed by atoms with Gasteiger partial charge in [-0.05, 0) is 60.0 Å². The zero-order chi connectivity index (χ0) is 18.6. The molecule has 1 aromatic heterocycles. The van der Waals surface area contributed by atoms with E-state index in [1.54, 1.807) is 12.1 Å². The van der Waals surface area contributed by atoms with Gasteiger partial charge in [0.15, 0.2) is 0 Å². The largest absolute Gasteiger partial charge is 0.313 e. The van der Waals surface area contributed by atoms with Crippen LogP contribution in [0.25, 0.3) is 16.9 Å². The van der Waals surface area contributed by atoms with Gasteiger partial charge in [0, 0.05) is 42.5 Å². The number of rotatable bonds is 5. The Bertz CT molecular complexity index is 881. The number of nitrogens with zero attached hydrogens (tertiary/aromatic N) is 2. The van der Waals surface area contributed by atoms with Gasteiger partial charge in [-0.15, -0.1) is 0 Å². The summed E-state index contributed by atoms with van der Waals surface area (Å²) in [7, 11) is 0. The lowest BCUT2D eigenvalue weighted by Gasteiger charge is -2.26. The maximum atomic E-state index is 13.5. The van der Waals surface area contributed by atoms with Crippen molar-refractivity contribution in [3.05, 3.63) is 77.7 Å². The van der Waals surface area contributed by atoms with Crippen LogP contribution in [-0.2, 0) is 13.0 Å². The number of thioether (sulfide) groups is 1. The van der Waals surface area contributed by atoms with Crippen molar-refractivity contribution >= 4 is 11.8 Å². The summed E-state index contributed by atoms with van der Waals surface area (Å²) < 4.78 is 15.8. The maximum Gasteiger partial charge on any atom is 0.123 e. The fourth-order valence-electron chi connectivity index (χ4n) is 3.83. The summed E-state index contributed by atoms with van der Waals surface area (Å²) in [5, 5.41) is 0. The number of hydrogen-bond acceptors (Lipinski definition) is 2. The van der Waals surface area contributed by atoms with Crippen molar-refractivity contribution in [1.29, 1.82) is 0 Å². The number of halogens is 1. The van der Waals surface area contributed by atoms with Gasteiger partial charge in [-0.1, -0.05) is 25.1 Å². The highest BCUT2D eigenvalue weighted by Crippen LogP contribution is 2.31. The molecule has 0 spiro atoms. The molecule has 0 N–H and O–H groups in total. The summed E-state index contributed by atoms with van der Waals surface area (Å²) in [5.74, 6) is 2.23. The van der Waals surface area contributed by atoms with E-state index in [9.17, 15) is 4.39 Å². The zero-order valence-electron chi connectivity index (χ0n) is 15.7. The molecule has 1 fully saturated rings. The first-order valence-electron chi connectivity index (χ1n) is 9.61. The van der Waals surface area contributed by atoms with E-state index < -0.39 is 0 Å². The third-order valence-electron chi connectivity index (χ3n) is 5.18. The minimum Gasteiger partial charge on any atom is -0.313 e. The number of aromatic nitrogens is 1. The Labute approximate surface area is 165 Å². The van der Waals surface area contributed by atoms with Crippen LogP contribution in [0.4, 0.5) is 4.39 Å². The molecule has 0 saturated carbocycles. The van der Waals surface area contributed by atoms with Crippen LogP contribution >= 0.6 is 11.8 Å². The highest BCUT2D eigenvalue weighted by atomic mass is 32.2. The van der Waals surface area contributed by atoms with Crippen molar-refractivity contribution in [2.24, 2.45) is 0 Å². The van der Waals surface area contributed by atoms with Crippen molar-refractivity contribution in [2.75, 3.05) is 24.6 Å². The van der Waals surface area contributed by atoms with E-state index in [1.165, 1.54) is 22.8 Å². The maximum absolute atomic E-state index is 13.5. The smallest absolute Gasteiger partial charge is 0.123 e. The van der Waals surface area contributed by atoms with Crippen molar-refractivity contribution in [1.82, 2.24) is 9.47 Å². The molecule has 4 heteroatoms. The molecule has 0 aliphatic carbocycles. The third-order valence-corrected chi connectivity index (χ3v) is 6.12. The molecule has 2 heterocycles. The Kier molecular flexibility index (Phi) is 5.65. The van der Waals surface area contributed by atoms with E-state index in [-0.39, 0.29) is 5.82 Å². The van der Waals surface area contributed by atoms with Crippen LogP contribution in [0.1, 0.15) is 18.2 Å². The van der Waals surface area contributed by atoms with E-state index in [1.807, 2.05) is 30.0 Å². The van der Waals surface area contributed by atoms with Crippen molar-refractivity contribution in [2.45, 2.75) is 19.9 Å². The van der Waals surface area contributed by atoms with Crippen LogP contribution in [-0.4, -0.2) is 34.1 Å². The highest BCUT2D eigenvalue weighted by Gasteiger charge is 2.19. The van der Waals surface area contributed by atoms with Gasteiger partial charge in [0.2, 0.25) is 0 Å². The van der Waals surface area contributed by atoms with E-state index in [4.69, 9.17) is 0 Å². The van der Waals surface area contributed by atoms with Crippen LogP contribution < -0.4 is 0 Å². The predicted octanol–water partition coefficient (Wildman–Crippen LogP) is 5.39. The second-order valence-electron chi connectivity index (χ2n) is 6.92. The van der Waals surface area contributed by atoms with Gasteiger partial charge in [-0.2, -0.15) is 11.8 Å². The molecular formula is C23H25FN2S. The summed E-state index contributed by atoms with van der Waals surface area (Å²) in [5.41, 5.74) is 6.08. The molecule has 4 rings (SSSR count). The first kappa shape index (κ1) is 18.3. The predicted molar refractivity (Wildman–Crippen MR) is 113 cm³/mol. The molecular weight excluding hydrogens is 355 g/mol.